The third kappa shape index (κ3) is 69.2. The fourth-order valence-electron chi connectivity index (χ4n) is 12.2. The number of unbranched alkanes of at least 4 members (excludes halogenated alkanes) is 61. The smallest absolute Gasteiger partial charge is 0.306 e. The van der Waals surface area contributed by atoms with Crippen molar-refractivity contribution in [1.29, 1.82) is 0 Å². The molecule has 0 radical (unpaired) electrons. The van der Waals surface area contributed by atoms with Gasteiger partial charge in [-0.1, -0.05) is 412 Å². The van der Waals surface area contributed by atoms with E-state index in [9.17, 15) is 14.4 Å². The molecule has 0 amide bonds. The molecule has 0 rings (SSSR count). The second-order valence-electron chi connectivity index (χ2n) is 26.3. The Morgan fingerprint density at radius 1 is 0.195 bits per heavy atom. The van der Waals surface area contributed by atoms with Crippen LogP contribution in [0.15, 0.2) is 0 Å². The van der Waals surface area contributed by atoms with E-state index < -0.39 is 6.10 Å². The predicted molar refractivity (Wildman–Crippen MR) is 358 cm³/mol. The maximum Gasteiger partial charge on any atom is 0.306 e. The molecule has 0 saturated carbocycles. The maximum absolute atomic E-state index is 13.0. The molecule has 0 aliphatic carbocycles. The Balaban J connectivity index is 4.12. The van der Waals surface area contributed by atoms with Crippen molar-refractivity contribution in [3.63, 3.8) is 0 Å². The number of esters is 3. The highest BCUT2D eigenvalue weighted by molar-refractivity contribution is 5.71. The first-order valence-electron chi connectivity index (χ1n) is 38.0. The fourth-order valence-corrected chi connectivity index (χ4v) is 12.2. The number of ether oxygens (including phenoxy) is 3. The standard InChI is InChI=1S/C76H148O6/c1-4-7-10-13-16-19-22-25-28-31-32-33-34-35-36-37-38-39-40-41-42-43-44-46-48-51-54-57-60-63-66-69-75(78)81-72-73(71-80-74(77)68-65-62-59-56-53-50-47-30-27-24-21-18-15-12-9-6-3)82-76(79)70-67-64-61-58-55-52-49-45-29-26-23-20-17-14-11-8-5-2/h73H,4-72H2,1-3H3. The van der Waals surface area contributed by atoms with E-state index >= 15 is 0 Å². The van der Waals surface area contributed by atoms with Gasteiger partial charge in [0, 0.05) is 19.3 Å². The van der Waals surface area contributed by atoms with E-state index in [1.807, 2.05) is 0 Å². The Hall–Kier alpha value is -1.59. The van der Waals surface area contributed by atoms with Crippen molar-refractivity contribution >= 4 is 17.9 Å². The predicted octanol–water partition coefficient (Wildman–Crippen LogP) is 26.2. The summed E-state index contributed by atoms with van der Waals surface area (Å²) in [6, 6.07) is 0. The molecule has 82 heavy (non-hydrogen) atoms. The van der Waals surface area contributed by atoms with Gasteiger partial charge < -0.3 is 14.2 Å². The SMILES string of the molecule is CCCCCCCCCCCCCCCCCCCCCCCCCCCCCCCCCC(=O)OCC(COC(=O)CCCCCCCCCCCCCCCCCC)OC(=O)CCCCCCCCCCCCCCCCCCC. The van der Waals surface area contributed by atoms with Gasteiger partial charge in [-0.25, -0.2) is 0 Å². The molecular formula is C76H148O6. The average Bonchev–Trinajstić information content (AvgIpc) is 3.48. The van der Waals surface area contributed by atoms with Gasteiger partial charge in [-0.15, -0.1) is 0 Å². The summed E-state index contributed by atoms with van der Waals surface area (Å²) in [5, 5.41) is 0. The van der Waals surface area contributed by atoms with Gasteiger partial charge in [0.25, 0.3) is 0 Å². The van der Waals surface area contributed by atoms with Crippen molar-refractivity contribution in [3.05, 3.63) is 0 Å². The molecule has 0 spiro atoms. The summed E-state index contributed by atoms with van der Waals surface area (Å²) in [5.74, 6) is -0.816. The summed E-state index contributed by atoms with van der Waals surface area (Å²) < 4.78 is 17.0. The minimum absolute atomic E-state index is 0.0600. The molecule has 0 heterocycles. The van der Waals surface area contributed by atoms with Crippen molar-refractivity contribution in [2.45, 2.75) is 457 Å². The lowest BCUT2D eigenvalue weighted by Gasteiger charge is -2.18. The summed E-state index contributed by atoms with van der Waals surface area (Å²) in [5.41, 5.74) is 0. The summed E-state index contributed by atoms with van der Waals surface area (Å²) in [7, 11) is 0. The van der Waals surface area contributed by atoms with Crippen LogP contribution in [-0.4, -0.2) is 37.2 Å². The zero-order chi connectivity index (χ0) is 59.2. The molecule has 0 aromatic carbocycles. The van der Waals surface area contributed by atoms with Gasteiger partial charge in [0.05, 0.1) is 0 Å². The molecule has 1 atom stereocenters. The third-order valence-electron chi connectivity index (χ3n) is 17.9. The van der Waals surface area contributed by atoms with E-state index in [4.69, 9.17) is 14.2 Å². The van der Waals surface area contributed by atoms with Crippen molar-refractivity contribution in [2.75, 3.05) is 13.2 Å². The second kappa shape index (κ2) is 71.9. The molecule has 1 unspecified atom stereocenters. The molecule has 6 heteroatoms. The molecular weight excluding hydrogens is 1010 g/mol. The molecule has 0 aromatic rings. The van der Waals surface area contributed by atoms with Gasteiger partial charge in [0.2, 0.25) is 0 Å². The lowest BCUT2D eigenvalue weighted by atomic mass is 10.0. The first kappa shape index (κ1) is 80.4. The molecule has 0 bridgehead atoms. The molecule has 6 nitrogen and oxygen atoms in total. The van der Waals surface area contributed by atoms with Crippen LogP contribution in [0.25, 0.3) is 0 Å². The van der Waals surface area contributed by atoms with E-state index in [1.165, 1.54) is 353 Å². The Kier molecular flexibility index (Phi) is 70.5. The van der Waals surface area contributed by atoms with Crippen LogP contribution in [0.3, 0.4) is 0 Å². The first-order chi connectivity index (χ1) is 40.5. The van der Waals surface area contributed by atoms with Crippen LogP contribution < -0.4 is 0 Å². The highest BCUT2D eigenvalue weighted by atomic mass is 16.6. The Morgan fingerprint density at radius 2 is 0.329 bits per heavy atom. The number of hydrogen-bond donors (Lipinski definition) is 0. The highest BCUT2D eigenvalue weighted by Crippen LogP contribution is 2.20. The van der Waals surface area contributed by atoms with E-state index in [0.717, 1.165) is 57.8 Å². The monoisotopic (exact) mass is 1160 g/mol. The van der Waals surface area contributed by atoms with Crippen LogP contribution in [0.1, 0.15) is 451 Å². The lowest BCUT2D eigenvalue weighted by molar-refractivity contribution is -0.167. The number of carbonyl (C=O) groups is 3. The zero-order valence-corrected chi connectivity index (χ0v) is 56.3. The van der Waals surface area contributed by atoms with Gasteiger partial charge in [-0.3, -0.25) is 14.4 Å². The van der Waals surface area contributed by atoms with Crippen LogP contribution >= 0.6 is 0 Å². The van der Waals surface area contributed by atoms with Gasteiger partial charge in [0.15, 0.2) is 6.10 Å². The number of carbonyl (C=O) groups excluding carboxylic acids is 3. The number of hydrogen-bond acceptors (Lipinski definition) is 6. The largest absolute Gasteiger partial charge is 0.462 e. The third-order valence-corrected chi connectivity index (χ3v) is 17.9. The second-order valence-corrected chi connectivity index (χ2v) is 26.3. The molecule has 488 valence electrons. The Morgan fingerprint density at radius 3 is 0.488 bits per heavy atom. The van der Waals surface area contributed by atoms with Gasteiger partial charge >= 0.3 is 17.9 Å². The minimum Gasteiger partial charge on any atom is -0.462 e. The molecule has 0 aromatic heterocycles. The highest BCUT2D eigenvalue weighted by Gasteiger charge is 2.20. The van der Waals surface area contributed by atoms with Crippen LogP contribution in [0, 0.1) is 0 Å². The Bertz CT molecular complexity index is 1240. The summed E-state index contributed by atoms with van der Waals surface area (Å²) >= 11 is 0. The van der Waals surface area contributed by atoms with Gasteiger partial charge in [-0.05, 0) is 19.3 Å². The molecule has 0 aliphatic rings. The van der Waals surface area contributed by atoms with Crippen LogP contribution in [0.4, 0.5) is 0 Å². The minimum atomic E-state index is -0.764. The fraction of sp³-hybridized carbons (Fsp3) is 0.961. The van der Waals surface area contributed by atoms with Crippen molar-refractivity contribution in [2.24, 2.45) is 0 Å². The molecule has 0 N–H and O–H groups in total. The quantitative estimate of drug-likeness (QED) is 0.0343. The van der Waals surface area contributed by atoms with E-state index in [2.05, 4.69) is 20.8 Å². The van der Waals surface area contributed by atoms with Crippen molar-refractivity contribution in [1.82, 2.24) is 0 Å². The van der Waals surface area contributed by atoms with E-state index in [0.29, 0.717) is 19.3 Å². The summed E-state index contributed by atoms with van der Waals surface area (Å²) in [6.45, 7) is 6.75. The summed E-state index contributed by atoms with van der Waals surface area (Å²) in [6.07, 6.45) is 85.9. The lowest BCUT2D eigenvalue weighted by Crippen LogP contribution is -2.30. The zero-order valence-electron chi connectivity index (χ0n) is 56.3. The van der Waals surface area contributed by atoms with Crippen LogP contribution in [0.2, 0.25) is 0 Å². The molecule has 0 saturated heterocycles. The van der Waals surface area contributed by atoms with Crippen LogP contribution in [0.5, 0.6) is 0 Å². The van der Waals surface area contributed by atoms with Crippen molar-refractivity contribution in [3.8, 4) is 0 Å². The normalized spacial score (nSPS) is 11.9. The topological polar surface area (TPSA) is 78.9 Å². The molecule has 0 fully saturated rings. The summed E-state index contributed by atoms with van der Waals surface area (Å²) in [4.78, 5) is 38.5. The maximum atomic E-state index is 13.0. The van der Waals surface area contributed by atoms with E-state index in [1.54, 1.807) is 0 Å². The molecule has 0 aliphatic heterocycles. The van der Waals surface area contributed by atoms with E-state index in [-0.39, 0.29) is 31.1 Å². The number of rotatable bonds is 72. The van der Waals surface area contributed by atoms with Gasteiger partial charge in [-0.2, -0.15) is 0 Å². The first-order valence-corrected chi connectivity index (χ1v) is 38.0. The average molecular weight is 1160 g/mol. The van der Waals surface area contributed by atoms with Crippen molar-refractivity contribution < 1.29 is 28.6 Å². The Labute approximate surface area is 514 Å². The van der Waals surface area contributed by atoms with Gasteiger partial charge in [0.1, 0.15) is 13.2 Å². The van der Waals surface area contributed by atoms with Crippen LogP contribution in [-0.2, 0) is 28.6 Å².